The quantitative estimate of drug-likeness (QED) is 0.667. The molecule has 7 heteroatoms. The number of halogens is 1. The Morgan fingerprint density at radius 1 is 1.00 bits per heavy atom. The van der Waals surface area contributed by atoms with Gasteiger partial charge in [-0.2, -0.15) is 0 Å². The smallest absolute Gasteiger partial charge is 0.328 e. The standard InChI is InChI=1S/C20H21BrN2O4/c1-26-18-9-7-17(8-10-18)23-13-14(11-19(24)27-2)12-22(20(23)25)16-5-3-15(21)4-6-16/h3-10,14H,11-13H2,1-2H3. The first-order valence-corrected chi connectivity index (χ1v) is 9.36. The molecule has 0 bridgehead atoms. The second-order valence-electron chi connectivity index (χ2n) is 6.32. The van der Waals surface area contributed by atoms with E-state index < -0.39 is 0 Å². The summed E-state index contributed by atoms with van der Waals surface area (Å²) in [6.07, 6.45) is 0.253. The van der Waals surface area contributed by atoms with Crippen molar-refractivity contribution >= 4 is 39.3 Å². The third-order valence-electron chi connectivity index (χ3n) is 4.55. The van der Waals surface area contributed by atoms with Gasteiger partial charge in [-0.3, -0.25) is 14.6 Å². The van der Waals surface area contributed by atoms with Crippen LogP contribution in [0.15, 0.2) is 53.0 Å². The first kappa shape index (κ1) is 19.2. The maximum Gasteiger partial charge on any atom is 0.328 e. The number of benzene rings is 2. The normalized spacial score (nSPS) is 17.0. The highest BCUT2D eigenvalue weighted by Gasteiger charge is 2.34. The van der Waals surface area contributed by atoms with Crippen molar-refractivity contribution in [1.29, 1.82) is 0 Å². The van der Waals surface area contributed by atoms with Crippen molar-refractivity contribution in [2.75, 3.05) is 37.1 Å². The van der Waals surface area contributed by atoms with E-state index in [2.05, 4.69) is 15.9 Å². The van der Waals surface area contributed by atoms with Gasteiger partial charge in [0.25, 0.3) is 0 Å². The van der Waals surface area contributed by atoms with Gasteiger partial charge in [0, 0.05) is 34.9 Å². The molecule has 1 aliphatic rings. The molecule has 2 aromatic rings. The molecule has 0 radical (unpaired) electrons. The summed E-state index contributed by atoms with van der Waals surface area (Å²) in [7, 11) is 2.98. The maximum absolute atomic E-state index is 13.2. The summed E-state index contributed by atoms with van der Waals surface area (Å²) in [6, 6.07) is 14.8. The number of nitrogens with zero attached hydrogens (tertiary/aromatic N) is 2. The number of hydrogen-bond acceptors (Lipinski definition) is 4. The van der Waals surface area contributed by atoms with Crippen LogP contribution >= 0.6 is 15.9 Å². The van der Waals surface area contributed by atoms with Crippen LogP contribution in [0.4, 0.5) is 16.2 Å². The Kier molecular flexibility index (Phi) is 6.01. The predicted octanol–water partition coefficient (Wildman–Crippen LogP) is 4.08. The van der Waals surface area contributed by atoms with Gasteiger partial charge in [-0.1, -0.05) is 15.9 Å². The fraction of sp³-hybridized carbons (Fsp3) is 0.300. The van der Waals surface area contributed by atoms with Gasteiger partial charge in [0.15, 0.2) is 0 Å². The van der Waals surface area contributed by atoms with E-state index in [1.54, 1.807) is 16.9 Å². The number of carbonyl (C=O) groups excluding carboxylic acids is 2. The van der Waals surface area contributed by atoms with Crippen LogP contribution in [0.3, 0.4) is 0 Å². The molecule has 1 unspecified atom stereocenters. The molecule has 0 spiro atoms. The molecule has 1 fully saturated rings. The van der Waals surface area contributed by atoms with Crippen LogP contribution in [0.2, 0.25) is 0 Å². The molecule has 0 aromatic heterocycles. The maximum atomic E-state index is 13.2. The van der Waals surface area contributed by atoms with E-state index in [0.717, 1.165) is 21.6 Å². The first-order chi connectivity index (χ1) is 13.0. The van der Waals surface area contributed by atoms with Gasteiger partial charge < -0.3 is 9.47 Å². The third-order valence-corrected chi connectivity index (χ3v) is 5.08. The second-order valence-corrected chi connectivity index (χ2v) is 7.24. The Bertz CT molecular complexity index is 808. The van der Waals surface area contributed by atoms with E-state index >= 15 is 0 Å². The van der Waals surface area contributed by atoms with Crippen molar-refractivity contribution in [2.24, 2.45) is 5.92 Å². The van der Waals surface area contributed by atoms with Crippen molar-refractivity contribution in [2.45, 2.75) is 6.42 Å². The number of amides is 2. The highest BCUT2D eigenvalue weighted by Crippen LogP contribution is 2.30. The Morgan fingerprint density at radius 3 is 2.00 bits per heavy atom. The van der Waals surface area contributed by atoms with Gasteiger partial charge in [0.1, 0.15) is 5.75 Å². The number of hydrogen-bond donors (Lipinski definition) is 0. The number of urea groups is 1. The number of esters is 1. The van der Waals surface area contributed by atoms with Crippen molar-refractivity contribution in [1.82, 2.24) is 0 Å². The van der Waals surface area contributed by atoms with Crippen LogP contribution in [0.1, 0.15) is 6.42 Å². The van der Waals surface area contributed by atoms with Crippen LogP contribution < -0.4 is 14.5 Å². The second kappa shape index (κ2) is 8.43. The molecule has 0 saturated carbocycles. The molecule has 1 saturated heterocycles. The summed E-state index contributed by atoms with van der Waals surface area (Å²) in [5.41, 5.74) is 1.55. The summed E-state index contributed by atoms with van der Waals surface area (Å²) in [5.74, 6) is 0.403. The van der Waals surface area contributed by atoms with Crippen molar-refractivity contribution < 1.29 is 19.1 Å². The van der Waals surface area contributed by atoms with E-state index in [9.17, 15) is 9.59 Å². The van der Waals surface area contributed by atoms with Gasteiger partial charge >= 0.3 is 12.0 Å². The van der Waals surface area contributed by atoms with E-state index in [1.807, 2.05) is 48.5 Å². The molecule has 6 nitrogen and oxygen atoms in total. The Morgan fingerprint density at radius 2 is 1.52 bits per heavy atom. The molecular weight excluding hydrogens is 412 g/mol. The average molecular weight is 433 g/mol. The number of carbonyl (C=O) groups is 2. The zero-order valence-corrected chi connectivity index (χ0v) is 16.8. The first-order valence-electron chi connectivity index (χ1n) is 8.57. The summed E-state index contributed by atoms with van der Waals surface area (Å²) in [6.45, 7) is 0.912. The topological polar surface area (TPSA) is 59.1 Å². The molecule has 142 valence electrons. The summed E-state index contributed by atoms with van der Waals surface area (Å²) < 4.78 is 11.0. The SMILES string of the molecule is COC(=O)CC1CN(c2ccc(Br)cc2)C(=O)N(c2ccc(OC)cc2)C1. The molecular formula is C20H21BrN2O4. The monoisotopic (exact) mass is 432 g/mol. The molecule has 2 aromatic carbocycles. The lowest BCUT2D eigenvalue weighted by Crippen LogP contribution is -2.54. The Balaban J connectivity index is 1.91. The number of anilines is 2. The molecule has 27 heavy (non-hydrogen) atoms. The van der Waals surface area contributed by atoms with Crippen LogP contribution in [0.5, 0.6) is 5.75 Å². The minimum Gasteiger partial charge on any atom is -0.497 e. The summed E-state index contributed by atoms with van der Waals surface area (Å²) >= 11 is 3.41. The average Bonchev–Trinajstić information content (AvgIpc) is 2.70. The highest BCUT2D eigenvalue weighted by atomic mass is 79.9. The van der Waals surface area contributed by atoms with Gasteiger partial charge in [-0.25, -0.2) is 4.79 Å². The predicted molar refractivity (Wildman–Crippen MR) is 107 cm³/mol. The zero-order valence-electron chi connectivity index (χ0n) is 15.2. The van der Waals surface area contributed by atoms with Crippen LogP contribution in [-0.4, -0.2) is 39.3 Å². The van der Waals surface area contributed by atoms with Crippen molar-refractivity contribution in [3.8, 4) is 5.75 Å². The fourth-order valence-corrected chi connectivity index (χ4v) is 3.40. The largest absolute Gasteiger partial charge is 0.497 e. The lowest BCUT2D eigenvalue weighted by atomic mass is 10.0. The van der Waals surface area contributed by atoms with Crippen molar-refractivity contribution in [3.05, 3.63) is 53.0 Å². The lowest BCUT2D eigenvalue weighted by Gasteiger charge is -2.40. The Hall–Kier alpha value is -2.54. The molecule has 1 aliphatic heterocycles. The van der Waals surface area contributed by atoms with Crippen molar-refractivity contribution in [3.63, 3.8) is 0 Å². The van der Waals surface area contributed by atoms with E-state index in [-0.39, 0.29) is 24.3 Å². The molecule has 1 atom stereocenters. The van der Waals surface area contributed by atoms with Gasteiger partial charge in [-0.15, -0.1) is 0 Å². The van der Waals surface area contributed by atoms with Crippen LogP contribution in [0, 0.1) is 5.92 Å². The summed E-state index contributed by atoms with van der Waals surface area (Å²) in [5, 5.41) is 0. The Labute approximate surface area is 166 Å². The minimum absolute atomic E-state index is 0.0408. The van der Waals surface area contributed by atoms with Gasteiger partial charge in [-0.05, 0) is 48.5 Å². The van der Waals surface area contributed by atoms with E-state index in [1.165, 1.54) is 7.11 Å². The molecule has 0 N–H and O–H groups in total. The van der Waals surface area contributed by atoms with E-state index in [4.69, 9.17) is 9.47 Å². The fourth-order valence-electron chi connectivity index (χ4n) is 3.14. The van der Waals surface area contributed by atoms with E-state index in [0.29, 0.717) is 13.1 Å². The van der Waals surface area contributed by atoms with Gasteiger partial charge in [0.05, 0.1) is 20.6 Å². The molecule has 1 heterocycles. The van der Waals surface area contributed by atoms with Gasteiger partial charge in [0.2, 0.25) is 0 Å². The minimum atomic E-state index is -0.278. The van der Waals surface area contributed by atoms with Crippen LogP contribution in [0.25, 0.3) is 0 Å². The molecule has 2 amide bonds. The molecule has 0 aliphatic carbocycles. The molecule has 3 rings (SSSR count). The number of rotatable bonds is 5. The number of ether oxygens (including phenoxy) is 2. The highest BCUT2D eigenvalue weighted by molar-refractivity contribution is 9.10. The third kappa shape index (κ3) is 4.42. The summed E-state index contributed by atoms with van der Waals surface area (Å²) in [4.78, 5) is 28.4. The lowest BCUT2D eigenvalue weighted by molar-refractivity contribution is -0.141. The number of methoxy groups -OCH3 is 2. The zero-order chi connectivity index (χ0) is 19.4. The van der Waals surface area contributed by atoms with Crippen LogP contribution in [-0.2, 0) is 9.53 Å².